The minimum absolute atomic E-state index is 0.331. The molecule has 0 amide bonds. The SMILES string of the molecule is O=C(CCC(F)(F)F)c1cc(Br)c(Br)s1. The van der Waals surface area contributed by atoms with Crippen molar-refractivity contribution in [2.24, 2.45) is 0 Å². The fourth-order valence-electron chi connectivity index (χ4n) is 0.862. The Morgan fingerprint density at radius 3 is 2.40 bits per heavy atom. The molecule has 0 atom stereocenters. The lowest BCUT2D eigenvalue weighted by Crippen LogP contribution is -2.10. The highest BCUT2D eigenvalue weighted by molar-refractivity contribution is 9.13. The highest BCUT2D eigenvalue weighted by Crippen LogP contribution is 2.33. The molecule has 0 bridgehead atoms. The first-order valence-electron chi connectivity index (χ1n) is 3.84. The molecule has 0 fully saturated rings. The van der Waals surface area contributed by atoms with Crippen LogP contribution in [-0.2, 0) is 0 Å². The van der Waals surface area contributed by atoms with E-state index in [9.17, 15) is 18.0 Å². The number of Topliss-reactive ketones (excluding diaryl/α,β-unsaturated/α-hetero) is 1. The Hall–Kier alpha value is 0.120. The molecule has 7 heteroatoms. The number of carbonyl (C=O) groups excluding carboxylic acids is 1. The molecular formula is C8H5Br2F3OS. The second-order valence-electron chi connectivity index (χ2n) is 2.77. The van der Waals surface area contributed by atoms with E-state index in [0.717, 1.165) is 11.3 Å². The van der Waals surface area contributed by atoms with Gasteiger partial charge in [-0.15, -0.1) is 11.3 Å². The van der Waals surface area contributed by atoms with E-state index in [1.807, 2.05) is 0 Å². The van der Waals surface area contributed by atoms with Crippen LogP contribution in [0.5, 0.6) is 0 Å². The summed E-state index contributed by atoms with van der Waals surface area (Å²) in [5.41, 5.74) is 0. The summed E-state index contributed by atoms with van der Waals surface area (Å²) >= 11 is 7.46. The van der Waals surface area contributed by atoms with Gasteiger partial charge in [-0.05, 0) is 37.9 Å². The normalized spacial score (nSPS) is 11.8. The number of hydrogen-bond donors (Lipinski definition) is 0. The van der Waals surface area contributed by atoms with Crippen LogP contribution in [0.25, 0.3) is 0 Å². The molecular weight excluding hydrogens is 361 g/mol. The summed E-state index contributed by atoms with van der Waals surface area (Å²) in [6.45, 7) is 0. The van der Waals surface area contributed by atoms with Gasteiger partial charge in [0.15, 0.2) is 5.78 Å². The first-order chi connectivity index (χ1) is 6.79. The molecule has 1 aromatic rings. The minimum Gasteiger partial charge on any atom is -0.293 e. The second-order valence-corrected chi connectivity index (χ2v) is 6.00. The minimum atomic E-state index is -4.28. The summed E-state index contributed by atoms with van der Waals surface area (Å²) in [6.07, 6.45) is -5.84. The van der Waals surface area contributed by atoms with E-state index in [1.54, 1.807) is 0 Å². The summed E-state index contributed by atoms with van der Waals surface area (Å²) < 4.78 is 36.9. The monoisotopic (exact) mass is 364 g/mol. The fraction of sp³-hybridized carbons (Fsp3) is 0.375. The van der Waals surface area contributed by atoms with Crippen molar-refractivity contribution in [3.05, 3.63) is 19.2 Å². The third kappa shape index (κ3) is 4.24. The molecule has 0 spiro atoms. The van der Waals surface area contributed by atoms with Gasteiger partial charge in [0.25, 0.3) is 0 Å². The summed E-state index contributed by atoms with van der Waals surface area (Å²) in [7, 11) is 0. The predicted octanol–water partition coefficient (Wildman–Crippen LogP) is 4.80. The maximum Gasteiger partial charge on any atom is 0.389 e. The average molecular weight is 366 g/mol. The molecule has 0 aliphatic rings. The van der Waals surface area contributed by atoms with Gasteiger partial charge >= 0.3 is 6.18 Å². The third-order valence-corrected chi connectivity index (χ3v) is 4.85. The van der Waals surface area contributed by atoms with Crippen LogP contribution in [0.15, 0.2) is 14.3 Å². The van der Waals surface area contributed by atoms with E-state index in [0.29, 0.717) is 13.1 Å². The first kappa shape index (κ1) is 13.2. The predicted molar refractivity (Wildman–Crippen MR) is 59.3 cm³/mol. The maximum atomic E-state index is 11.8. The summed E-state index contributed by atoms with van der Waals surface area (Å²) in [5, 5.41) is 0. The van der Waals surface area contributed by atoms with E-state index in [4.69, 9.17) is 0 Å². The molecule has 0 aromatic carbocycles. The maximum absolute atomic E-state index is 11.8. The van der Waals surface area contributed by atoms with Gasteiger partial charge in [-0.3, -0.25) is 4.79 Å². The van der Waals surface area contributed by atoms with Gasteiger partial charge in [0.05, 0.1) is 15.1 Å². The molecule has 0 aliphatic heterocycles. The summed E-state index contributed by atoms with van der Waals surface area (Å²) in [6, 6.07) is 1.52. The molecule has 0 radical (unpaired) electrons. The number of alkyl halides is 3. The van der Waals surface area contributed by atoms with Crippen molar-refractivity contribution in [1.29, 1.82) is 0 Å². The quantitative estimate of drug-likeness (QED) is 0.703. The molecule has 15 heavy (non-hydrogen) atoms. The van der Waals surface area contributed by atoms with Crippen LogP contribution in [0.2, 0.25) is 0 Å². The molecule has 1 nitrogen and oxygen atoms in total. The Morgan fingerprint density at radius 1 is 1.40 bits per heavy atom. The van der Waals surface area contributed by atoms with E-state index < -0.39 is 24.8 Å². The highest BCUT2D eigenvalue weighted by atomic mass is 79.9. The van der Waals surface area contributed by atoms with E-state index in [2.05, 4.69) is 31.9 Å². The van der Waals surface area contributed by atoms with Crippen molar-refractivity contribution >= 4 is 49.0 Å². The number of carbonyl (C=O) groups is 1. The Bertz CT molecular complexity index is 353. The van der Waals surface area contributed by atoms with Crippen molar-refractivity contribution in [2.45, 2.75) is 19.0 Å². The molecule has 1 aromatic heterocycles. The molecule has 1 rings (SSSR count). The molecule has 0 saturated heterocycles. The van der Waals surface area contributed by atoms with Gasteiger partial charge in [0, 0.05) is 10.9 Å². The van der Waals surface area contributed by atoms with Crippen LogP contribution < -0.4 is 0 Å². The Labute approximate surface area is 105 Å². The van der Waals surface area contributed by atoms with Crippen molar-refractivity contribution in [2.75, 3.05) is 0 Å². The zero-order valence-electron chi connectivity index (χ0n) is 7.20. The molecule has 0 N–H and O–H groups in total. The van der Waals surface area contributed by atoms with Crippen molar-refractivity contribution in [1.82, 2.24) is 0 Å². The Kier molecular flexibility index (Phi) is 4.37. The van der Waals surface area contributed by atoms with E-state index >= 15 is 0 Å². The number of halogens is 5. The van der Waals surface area contributed by atoms with Crippen LogP contribution in [-0.4, -0.2) is 12.0 Å². The lowest BCUT2D eigenvalue weighted by molar-refractivity contribution is -0.133. The van der Waals surface area contributed by atoms with Crippen molar-refractivity contribution in [3.63, 3.8) is 0 Å². The van der Waals surface area contributed by atoms with Gasteiger partial charge in [-0.2, -0.15) is 13.2 Å². The smallest absolute Gasteiger partial charge is 0.293 e. The third-order valence-electron chi connectivity index (χ3n) is 1.56. The average Bonchev–Trinajstić information content (AvgIpc) is 2.42. The number of thiophene rings is 1. The van der Waals surface area contributed by atoms with E-state index in [1.165, 1.54) is 6.07 Å². The zero-order chi connectivity index (χ0) is 11.6. The van der Waals surface area contributed by atoms with Gasteiger partial charge < -0.3 is 0 Å². The van der Waals surface area contributed by atoms with Crippen LogP contribution in [0, 0.1) is 0 Å². The standard InChI is InChI=1S/C8H5Br2F3OS/c9-4-3-6(15-7(4)10)5(14)1-2-8(11,12)13/h3H,1-2H2. The first-order valence-corrected chi connectivity index (χ1v) is 6.24. The lowest BCUT2D eigenvalue weighted by Gasteiger charge is -2.03. The molecule has 0 aliphatic carbocycles. The van der Waals surface area contributed by atoms with Crippen molar-refractivity contribution < 1.29 is 18.0 Å². The van der Waals surface area contributed by atoms with Gasteiger partial charge in [0.2, 0.25) is 0 Å². The Balaban J connectivity index is 2.62. The molecule has 0 unspecified atom stereocenters. The number of ketones is 1. The summed E-state index contributed by atoms with van der Waals surface area (Å²) in [4.78, 5) is 11.7. The topological polar surface area (TPSA) is 17.1 Å². The highest BCUT2D eigenvalue weighted by Gasteiger charge is 2.28. The van der Waals surface area contributed by atoms with Gasteiger partial charge in [0.1, 0.15) is 0 Å². The van der Waals surface area contributed by atoms with Crippen LogP contribution in [0.1, 0.15) is 22.5 Å². The molecule has 1 heterocycles. The fourth-order valence-corrected chi connectivity index (χ4v) is 2.87. The zero-order valence-corrected chi connectivity index (χ0v) is 11.2. The molecule has 0 saturated carbocycles. The van der Waals surface area contributed by atoms with Gasteiger partial charge in [-0.1, -0.05) is 0 Å². The van der Waals surface area contributed by atoms with Crippen LogP contribution in [0.4, 0.5) is 13.2 Å². The largest absolute Gasteiger partial charge is 0.389 e. The number of rotatable bonds is 3. The summed E-state index contributed by atoms with van der Waals surface area (Å²) in [5.74, 6) is -0.483. The van der Waals surface area contributed by atoms with Crippen LogP contribution >= 0.6 is 43.2 Å². The molecule has 84 valence electrons. The second kappa shape index (κ2) is 4.97. The van der Waals surface area contributed by atoms with Crippen molar-refractivity contribution in [3.8, 4) is 0 Å². The van der Waals surface area contributed by atoms with E-state index in [-0.39, 0.29) is 0 Å². The van der Waals surface area contributed by atoms with Crippen LogP contribution in [0.3, 0.4) is 0 Å². The lowest BCUT2D eigenvalue weighted by atomic mass is 10.2. The number of hydrogen-bond acceptors (Lipinski definition) is 2. The Morgan fingerprint density at radius 2 is 2.00 bits per heavy atom. The van der Waals surface area contributed by atoms with Gasteiger partial charge in [-0.25, -0.2) is 0 Å².